The third-order valence-electron chi connectivity index (χ3n) is 7.19. The fourth-order valence-electron chi connectivity index (χ4n) is 4.99. The highest BCUT2D eigenvalue weighted by Gasteiger charge is 2.41. The van der Waals surface area contributed by atoms with Crippen LogP contribution in [0.25, 0.3) is 0 Å². The van der Waals surface area contributed by atoms with Gasteiger partial charge in [-0.05, 0) is 70.5 Å². The summed E-state index contributed by atoms with van der Waals surface area (Å²) in [6.45, 7) is 1.92. The topological polar surface area (TPSA) is 147 Å². The molecule has 12 heteroatoms. The Hall–Kier alpha value is -3.07. The molecule has 4 rings (SSSR count). The second-order valence-corrected chi connectivity index (χ2v) is 11.3. The second kappa shape index (κ2) is 14.9. The van der Waals surface area contributed by atoms with Gasteiger partial charge in [-0.3, -0.25) is 9.59 Å². The van der Waals surface area contributed by atoms with Crippen LogP contribution in [0.4, 0.5) is 0 Å². The quantitative estimate of drug-likeness (QED) is 0.232. The highest BCUT2D eigenvalue weighted by Crippen LogP contribution is 2.38. The summed E-state index contributed by atoms with van der Waals surface area (Å²) < 4.78 is 23.4. The van der Waals surface area contributed by atoms with E-state index in [1.807, 2.05) is 19.1 Å². The Morgan fingerprint density at radius 2 is 1.93 bits per heavy atom. The van der Waals surface area contributed by atoms with Gasteiger partial charge < -0.3 is 44.5 Å². The van der Waals surface area contributed by atoms with Crippen molar-refractivity contribution in [3.8, 4) is 23.0 Å². The molecule has 2 aliphatic rings. The Morgan fingerprint density at radius 1 is 1.14 bits per heavy atom. The summed E-state index contributed by atoms with van der Waals surface area (Å²) in [4.78, 5) is 28.4. The summed E-state index contributed by atoms with van der Waals surface area (Å²) in [5, 5.41) is 33.3. The van der Waals surface area contributed by atoms with Gasteiger partial charge >= 0.3 is 0 Å². The molecule has 1 aliphatic heterocycles. The van der Waals surface area contributed by atoms with Gasteiger partial charge in [-0.1, -0.05) is 19.4 Å². The van der Waals surface area contributed by atoms with Crippen LogP contribution < -0.4 is 24.3 Å². The number of halogens is 1. The van der Waals surface area contributed by atoms with Crippen molar-refractivity contribution in [2.75, 3.05) is 27.1 Å². The van der Waals surface area contributed by atoms with Gasteiger partial charge in [0.25, 0.3) is 0 Å². The van der Waals surface area contributed by atoms with Crippen molar-refractivity contribution in [2.24, 2.45) is 0 Å². The average Bonchev–Trinajstić information content (AvgIpc) is 3.47. The third kappa shape index (κ3) is 7.46. The summed E-state index contributed by atoms with van der Waals surface area (Å²) >= 11 is 2.06. The number of methoxy groups -OCH3 is 1. The molecule has 0 spiro atoms. The van der Waals surface area contributed by atoms with Gasteiger partial charge in [-0.25, -0.2) is 0 Å². The first-order valence-corrected chi connectivity index (χ1v) is 15.0. The number of hydrogen-bond donors (Lipinski definition) is 4. The van der Waals surface area contributed by atoms with Gasteiger partial charge in [0.1, 0.15) is 12.2 Å². The Labute approximate surface area is 258 Å². The molecule has 1 aliphatic carbocycles. The normalized spacial score (nSPS) is 19.2. The van der Waals surface area contributed by atoms with Crippen LogP contribution in [0.1, 0.15) is 43.7 Å². The van der Waals surface area contributed by atoms with Crippen molar-refractivity contribution in [1.29, 1.82) is 0 Å². The van der Waals surface area contributed by atoms with E-state index in [0.717, 1.165) is 12.0 Å². The van der Waals surface area contributed by atoms with Crippen LogP contribution in [-0.2, 0) is 22.7 Å². The number of unbranched alkanes of at least 4 members (excludes halogenated alkanes) is 1. The maximum atomic E-state index is 13.6. The number of rotatable bonds is 13. The molecule has 0 bridgehead atoms. The molecule has 2 amide bonds. The van der Waals surface area contributed by atoms with E-state index in [9.17, 15) is 24.9 Å². The average molecular weight is 697 g/mol. The maximum Gasteiger partial charge on any atom is 0.247 e. The van der Waals surface area contributed by atoms with E-state index in [2.05, 4.69) is 27.9 Å². The number of carbonyl (C=O) groups excluding carboxylic acids is 2. The first-order valence-electron chi connectivity index (χ1n) is 13.9. The number of fused-ring (bicyclic) bond motifs is 1. The molecule has 0 aromatic heterocycles. The SMILES string of the molecule is CCCCC(=O)N(Cc1ccc2c(c1)OCO2)[C@@H]1CC(C(=O)NCCO)=C[C@H](Oc2c(I)cc(CO)cc2OC)[C@H]1O. The van der Waals surface area contributed by atoms with Crippen molar-refractivity contribution in [3.05, 3.63) is 56.7 Å². The fourth-order valence-corrected chi connectivity index (χ4v) is 5.79. The number of benzene rings is 2. The molecule has 0 saturated carbocycles. The number of aliphatic hydroxyl groups is 3. The standard InChI is InChI=1S/C30H37IN2O9/c1-3-4-5-27(36)33(15-18-6-7-23-24(11-18)41-17-40-23)22-13-20(30(38)32-8-9-34)14-25(28(22)37)42-29-21(31)10-19(16-35)12-26(29)39-2/h6-7,10-12,14,22,25,28,34-35,37H,3-5,8-9,13,15-17H2,1-2H3,(H,32,38)/t22-,25+,28+/m1/s1. The predicted molar refractivity (Wildman–Crippen MR) is 161 cm³/mol. The molecule has 228 valence electrons. The van der Waals surface area contributed by atoms with Crippen LogP contribution >= 0.6 is 22.6 Å². The monoisotopic (exact) mass is 696 g/mol. The Morgan fingerprint density at radius 3 is 2.64 bits per heavy atom. The van der Waals surface area contributed by atoms with Crippen LogP contribution in [-0.4, -0.2) is 77.3 Å². The molecule has 4 N–H and O–H groups in total. The molecule has 0 unspecified atom stereocenters. The molecule has 2 aromatic carbocycles. The van der Waals surface area contributed by atoms with Crippen molar-refractivity contribution >= 4 is 34.4 Å². The van der Waals surface area contributed by atoms with E-state index in [0.29, 0.717) is 44.1 Å². The van der Waals surface area contributed by atoms with Gasteiger partial charge in [0, 0.05) is 31.5 Å². The number of nitrogens with one attached hydrogen (secondary N) is 1. The molecule has 42 heavy (non-hydrogen) atoms. The van der Waals surface area contributed by atoms with Gasteiger partial charge in [0.05, 0.1) is 29.9 Å². The number of ether oxygens (including phenoxy) is 4. The van der Waals surface area contributed by atoms with E-state index < -0.39 is 24.2 Å². The molecule has 0 radical (unpaired) electrons. The Kier molecular flexibility index (Phi) is 11.3. The molecule has 0 saturated heterocycles. The van der Waals surface area contributed by atoms with E-state index in [-0.39, 0.29) is 51.8 Å². The minimum atomic E-state index is -1.20. The minimum Gasteiger partial charge on any atom is -0.493 e. The summed E-state index contributed by atoms with van der Waals surface area (Å²) in [6.07, 6.45) is 1.19. The molecule has 3 atom stereocenters. The smallest absolute Gasteiger partial charge is 0.247 e. The lowest BCUT2D eigenvalue weighted by Gasteiger charge is -2.41. The van der Waals surface area contributed by atoms with Crippen molar-refractivity contribution in [3.63, 3.8) is 0 Å². The van der Waals surface area contributed by atoms with Crippen molar-refractivity contribution < 1.29 is 43.9 Å². The lowest BCUT2D eigenvalue weighted by Crippen LogP contribution is -2.54. The number of hydrogen-bond acceptors (Lipinski definition) is 9. The van der Waals surface area contributed by atoms with E-state index in [4.69, 9.17) is 18.9 Å². The molecule has 1 heterocycles. The number of carbonyl (C=O) groups is 2. The summed E-state index contributed by atoms with van der Waals surface area (Å²) in [5.74, 6) is 1.32. The largest absolute Gasteiger partial charge is 0.493 e. The Bertz CT molecular complexity index is 1300. The Balaban J connectivity index is 1.71. The highest BCUT2D eigenvalue weighted by atomic mass is 127. The van der Waals surface area contributed by atoms with Crippen LogP contribution in [0.15, 0.2) is 42.0 Å². The van der Waals surface area contributed by atoms with Crippen LogP contribution in [0.3, 0.4) is 0 Å². The van der Waals surface area contributed by atoms with Gasteiger partial charge in [0.2, 0.25) is 18.6 Å². The van der Waals surface area contributed by atoms with Gasteiger partial charge in [0.15, 0.2) is 23.0 Å². The number of aliphatic hydroxyl groups excluding tert-OH is 3. The summed E-state index contributed by atoms with van der Waals surface area (Å²) in [5.41, 5.74) is 1.73. The summed E-state index contributed by atoms with van der Waals surface area (Å²) in [7, 11) is 1.47. The molecule has 2 aromatic rings. The minimum absolute atomic E-state index is 0.0552. The third-order valence-corrected chi connectivity index (χ3v) is 8.00. The van der Waals surface area contributed by atoms with Crippen molar-refractivity contribution in [2.45, 2.75) is 64.0 Å². The summed E-state index contributed by atoms with van der Waals surface area (Å²) in [6, 6.07) is 8.02. The molecule has 0 fully saturated rings. The van der Waals surface area contributed by atoms with Gasteiger partial charge in [-0.15, -0.1) is 0 Å². The van der Waals surface area contributed by atoms with Crippen LogP contribution in [0.2, 0.25) is 0 Å². The fraction of sp³-hybridized carbons (Fsp3) is 0.467. The predicted octanol–water partition coefficient (Wildman–Crippen LogP) is 2.66. The van der Waals surface area contributed by atoms with E-state index in [1.54, 1.807) is 29.2 Å². The van der Waals surface area contributed by atoms with E-state index in [1.165, 1.54) is 7.11 Å². The number of amides is 2. The molecular weight excluding hydrogens is 659 g/mol. The van der Waals surface area contributed by atoms with Crippen LogP contribution in [0.5, 0.6) is 23.0 Å². The van der Waals surface area contributed by atoms with Crippen molar-refractivity contribution in [1.82, 2.24) is 10.2 Å². The lowest BCUT2D eigenvalue weighted by atomic mass is 9.87. The lowest BCUT2D eigenvalue weighted by molar-refractivity contribution is -0.139. The first-order chi connectivity index (χ1) is 20.3. The zero-order valence-corrected chi connectivity index (χ0v) is 25.8. The van der Waals surface area contributed by atoms with Gasteiger partial charge in [-0.2, -0.15) is 0 Å². The number of nitrogens with zero attached hydrogens (tertiary/aromatic N) is 1. The van der Waals surface area contributed by atoms with E-state index >= 15 is 0 Å². The van der Waals surface area contributed by atoms with Crippen LogP contribution in [0, 0.1) is 3.57 Å². The highest BCUT2D eigenvalue weighted by molar-refractivity contribution is 14.1. The molecule has 11 nitrogen and oxygen atoms in total. The molecular formula is C30H37IN2O9. The zero-order valence-electron chi connectivity index (χ0n) is 23.7. The zero-order chi connectivity index (χ0) is 30.2. The second-order valence-electron chi connectivity index (χ2n) is 10.1. The maximum absolute atomic E-state index is 13.6. The first kappa shape index (κ1) is 31.9.